The van der Waals surface area contributed by atoms with E-state index in [1.807, 2.05) is 0 Å². The first kappa shape index (κ1) is 12.9. The van der Waals surface area contributed by atoms with Crippen LogP contribution >= 0.6 is 0 Å². The molecule has 0 aliphatic heterocycles. The molecule has 4 nitrogen and oxygen atoms in total. The highest BCUT2D eigenvalue weighted by Crippen LogP contribution is 2.19. The number of aromatic hydroxyl groups is 1. The number of carbonyl (C=O) groups is 1. The second kappa shape index (κ2) is 5.39. The Morgan fingerprint density at radius 2 is 2.00 bits per heavy atom. The van der Waals surface area contributed by atoms with Gasteiger partial charge in [0.25, 0.3) is 0 Å². The Morgan fingerprint density at radius 3 is 2.63 bits per heavy atom. The minimum Gasteiger partial charge on any atom is -0.508 e. The van der Waals surface area contributed by atoms with Crippen LogP contribution in [0.2, 0.25) is 0 Å². The molecule has 5 heteroatoms. The molecule has 0 radical (unpaired) electrons. The van der Waals surface area contributed by atoms with Gasteiger partial charge in [0.2, 0.25) is 0 Å². The van der Waals surface area contributed by atoms with Gasteiger partial charge < -0.3 is 14.9 Å². The highest BCUT2D eigenvalue weighted by molar-refractivity contribution is 5.87. The molecular formula is C14H11FO4. The van der Waals surface area contributed by atoms with Crippen LogP contribution in [0, 0.1) is 5.82 Å². The molecule has 19 heavy (non-hydrogen) atoms. The maximum Gasteiger partial charge on any atom is 0.338 e. The lowest BCUT2D eigenvalue weighted by molar-refractivity contribution is 0.0692. The Labute approximate surface area is 108 Å². The van der Waals surface area contributed by atoms with E-state index in [4.69, 9.17) is 9.84 Å². The average molecular weight is 262 g/mol. The fraction of sp³-hybridized carbons (Fsp3) is 0.0714. The van der Waals surface area contributed by atoms with Crippen LogP contribution in [0.25, 0.3) is 0 Å². The lowest BCUT2D eigenvalue weighted by Crippen LogP contribution is -2.02. The van der Waals surface area contributed by atoms with Crippen LogP contribution in [-0.4, -0.2) is 16.2 Å². The second-order valence-electron chi connectivity index (χ2n) is 3.91. The van der Waals surface area contributed by atoms with E-state index >= 15 is 0 Å². The largest absolute Gasteiger partial charge is 0.508 e. The molecule has 0 aliphatic rings. The van der Waals surface area contributed by atoms with Crippen molar-refractivity contribution < 1.29 is 24.1 Å². The molecule has 0 bridgehead atoms. The van der Waals surface area contributed by atoms with Gasteiger partial charge in [-0.05, 0) is 29.8 Å². The van der Waals surface area contributed by atoms with Crippen LogP contribution in [0.3, 0.4) is 0 Å². The van der Waals surface area contributed by atoms with Crippen LogP contribution in [0.1, 0.15) is 15.9 Å². The highest BCUT2D eigenvalue weighted by Gasteiger charge is 2.10. The number of ether oxygens (including phenoxy) is 1. The van der Waals surface area contributed by atoms with Gasteiger partial charge in [-0.15, -0.1) is 0 Å². The highest BCUT2D eigenvalue weighted by atomic mass is 19.1. The van der Waals surface area contributed by atoms with Crippen molar-refractivity contribution >= 4 is 5.97 Å². The van der Waals surface area contributed by atoms with Crippen LogP contribution in [-0.2, 0) is 6.61 Å². The van der Waals surface area contributed by atoms with Crippen LogP contribution in [0.5, 0.6) is 11.5 Å². The van der Waals surface area contributed by atoms with Gasteiger partial charge >= 0.3 is 5.97 Å². The summed E-state index contributed by atoms with van der Waals surface area (Å²) in [5, 5.41) is 17.9. The number of carboxylic acid groups (broad SMARTS) is 1. The number of halogens is 1. The number of hydrogen-bond acceptors (Lipinski definition) is 3. The summed E-state index contributed by atoms with van der Waals surface area (Å²) in [6, 6.07) is 10.0. The molecule has 0 spiro atoms. The Bertz CT molecular complexity index is 610. The van der Waals surface area contributed by atoms with Gasteiger partial charge in [0.15, 0.2) is 0 Å². The van der Waals surface area contributed by atoms with E-state index in [1.54, 1.807) is 12.1 Å². The van der Waals surface area contributed by atoms with Crippen LogP contribution in [0.4, 0.5) is 4.39 Å². The first-order valence-electron chi connectivity index (χ1n) is 5.50. The van der Waals surface area contributed by atoms with Crippen molar-refractivity contribution in [1.82, 2.24) is 0 Å². The molecule has 2 aromatic carbocycles. The lowest BCUT2D eigenvalue weighted by atomic mass is 10.1. The number of carboxylic acids is 1. The standard InChI is InChI=1S/C14H11FO4/c15-13-6-9(4-5-12(13)14(17)18)8-19-11-3-1-2-10(16)7-11/h1-7,16H,8H2,(H,17,18). The van der Waals surface area contributed by atoms with E-state index in [9.17, 15) is 14.3 Å². The number of phenols is 1. The van der Waals surface area contributed by atoms with Crippen molar-refractivity contribution in [1.29, 1.82) is 0 Å². The van der Waals surface area contributed by atoms with E-state index in [0.29, 0.717) is 11.3 Å². The summed E-state index contributed by atoms with van der Waals surface area (Å²) in [7, 11) is 0. The number of hydrogen-bond donors (Lipinski definition) is 2. The normalized spacial score (nSPS) is 10.2. The summed E-state index contributed by atoms with van der Waals surface area (Å²) in [5.41, 5.74) is 0.131. The number of phenolic OH excluding ortho intramolecular Hbond substituents is 1. The van der Waals surface area contributed by atoms with Crippen molar-refractivity contribution in [3.05, 3.63) is 59.4 Å². The fourth-order valence-electron chi connectivity index (χ4n) is 1.56. The topological polar surface area (TPSA) is 66.8 Å². The maximum atomic E-state index is 13.4. The van der Waals surface area contributed by atoms with Crippen molar-refractivity contribution in [3.8, 4) is 11.5 Å². The predicted octanol–water partition coefficient (Wildman–Crippen LogP) is 2.81. The maximum absolute atomic E-state index is 13.4. The molecule has 0 unspecified atom stereocenters. The average Bonchev–Trinajstić information content (AvgIpc) is 2.36. The van der Waals surface area contributed by atoms with Gasteiger partial charge in [-0.1, -0.05) is 12.1 Å². The number of rotatable bonds is 4. The zero-order valence-corrected chi connectivity index (χ0v) is 9.84. The molecule has 0 saturated heterocycles. The van der Waals surface area contributed by atoms with Crippen molar-refractivity contribution in [3.63, 3.8) is 0 Å². The lowest BCUT2D eigenvalue weighted by Gasteiger charge is -2.07. The third-order valence-electron chi connectivity index (χ3n) is 2.49. The predicted molar refractivity (Wildman–Crippen MR) is 65.8 cm³/mol. The first-order valence-corrected chi connectivity index (χ1v) is 5.50. The minimum absolute atomic E-state index is 0.0740. The zero-order chi connectivity index (χ0) is 13.8. The summed E-state index contributed by atoms with van der Waals surface area (Å²) in [6.07, 6.45) is 0. The third kappa shape index (κ3) is 3.22. The van der Waals surface area contributed by atoms with Crippen molar-refractivity contribution in [2.45, 2.75) is 6.61 Å². The first-order chi connectivity index (χ1) is 9.06. The molecule has 0 fully saturated rings. The molecule has 98 valence electrons. The van der Waals surface area contributed by atoms with E-state index in [2.05, 4.69) is 0 Å². The Balaban J connectivity index is 2.08. The Morgan fingerprint density at radius 1 is 1.21 bits per heavy atom. The summed E-state index contributed by atoms with van der Waals surface area (Å²) in [4.78, 5) is 10.7. The molecule has 0 aromatic heterocycles. The van der Waals surface area contributed by atoms with Gasteiger partial charge in [-0.3, -0.25) is 0 Å². The van der Waals surface area contributed by atoms with Gasteiger partial charge in [0, 0.05) is 6.07 Å². The van der Waals surface area contributed by atoms with E-state index in [0.717, 1.165) is 6.07 Å². The molecule has 0 heterocycles. The van der Waals surface area contributed by atoms with Crippen LogP contribution in [0.15, 0.2) is 42.5 Å². The quantitative estimate of drug-likeness (QED) is 0.889. The van der Waals surface area contributed by atoms with Gasteiger partial charge in [-0.2, -0.15) is 0 Å². The molecule has 2 rings (SSSR count). The monoisotopic (exact) mass is 262 g/mol. The molecule has 0 atom stereocenters. The van der Waals surface area contributed by atoms with Crippen molar-refractivity contribution in [2.24, 2.45) is 0 Å². The smallest absolute Gasteiger partial charge is 0.338 e. The Hall–Kier alpha value is -2.56. The summed E-state index contributed by atoms with van der Waals surface area (Å²) in [6.45, 7) is 0.0836. The summed E-state index contributed by atoms with van der Waals surface area (Å²) in [5.74, 6) is -1.59. The van der Waals surface area contributed by atoms with E-state index in [1.165, 1.54) is 24.3 Å². The van der Waals surface area contributed by atoms with Gasteiger partial charge in [0.05, 0.1) is 5.56 Å². The molecule has 2 N–H and O–H groups in total. The van der Waals surface area contributed by atoms with Crippen LogP contribution < -0.4 is 4.74 Å². The molecule has 2 aromatic rings. The summed E-state index contributed by atoms with van der Waals surface area (Å²) >= 11 is 0. The summed E-state index contributed by atoms with van der Waals surface area (Å²) < 4.78 is 18.8. The van der Waals surface area contributed by atoms with Crippen molar-refractivity contribution in [2.75, 3.05) is 0 Å². The molecular weight excluding hydrogens is 251 g/mol. The zero-order valence-electron chi connectivity index (χ0n) is 9.84. The Kier molecular flexibility index (Phi) is 3.66. The second-order valence-corrected chi connectivity index (χ2v) is 3.91. The number of benzene rings is 2. The third-order valence-corrected chi connectivity index (χ3v) is 2.49. The molecule has 0 amide bonds. The minimum atomic E-state index is -1.31. The van der Waals surface area contributed by atoms with Gasteiger partial charge in [0.1, 0.15) is 23.9 Å². The number of aromatic carboxylic acids is 1. The van der Waals surface area contributed by atoms with Gasteiger partial charge in [-0.25, -0.2) is 9.18 Å². The molecule has 0 saturated carbocycles. The molecule has 0 aliphatic carbocycles. The SMILES string of the molecule is O=C(O)c1ccc(COc2cccc(O)c2)cc1F. The van der Waals surface area contributed by atoms with E-state index in [-0.39, 0.29) is 17.9 Å². The fourth-order valence-corrected chi connectivity index (χ4v) is 1.56. The van der Waals surface area contributed by atoms with E-state index < -0.39 is 11.8 Å².